The average Bonchev–Trinajstić information content (AvgIpc) is 2.56. The maximum absolute atomic E-state index is 12.6. The summed E-state index contributed by atoms with van der Waals surface area (Å²) < 4.78 is 27.8. The van der Waals surface area contributed by atoms with E-state index in [4.69, 9.17) is 5.11 Å². The molecule has 2 N–H and O–H groups in total. The average molecular weight is 364 g/mol. The zero-order valence-electron chi connectivity index (χ0n) is 14.5. The van der Waals surface area contributed by atoms with Crippen molar-refractivity contribution in [3.8, 4) is 0 Å². The van der Waals surface area contributed by atoms with Gasteiger partial charge in [0.2, 0.25) is 10.0 Å². The van der Waals surface area contributed by atoms with Gasteiger partial charge >= 0.3 is 5.97 Å². The number of carbonyl (C=O) groups is 1. The quantitative estimate of drug-likeness (QED) is 0.668. The van der Waals surface area contributed by atoms with E-state index in [1.165, 1.54) is 0 Å². The first-order valence-electron chi connectivity index (χ1n) is 8.23. The van der Waals surface area contributed by atoms with E-state index >= 15 is 0 Å². The second-order valence-electron chi connectivity index (χ2n) is 6.16. The summed E-state index contributed by atoms with van der Waals surface area (Å²) in [6.07, 6.45) is 1.96. The lowest BCUT2D eigenvalue weighted by atomic mass is 10.1. The molecule has 0 atom stereocenters. The van der Waals surface area contributed by atoms with Crippen LogP contribution in [0, 0.1) is 0 Å². The lowest BCUT2D eigenvalue weighted by Gasteiger charge is -2.14. The Morgan fingerprint density at radius 2 is 1.88 bits per heavy atom. The molecule has 7 heteroatoms. The van der Waals surface area contributed by atoms with Gasteiger partial charge in [-0.15, -0.1) is 0 Å². The Bertz CT molecular complexity index is 847. The second kappa shape index (κ2) is 8.31. The second-order valence-corrected chi connectivity index (χ2v) is 7.89. The van der Waals surface area contributed by atoms with Crippen molar-refractivity contribution in [3.63, 3.8) is 0 Å². The van der Waals surface area contributed by atoms with Crippen molar-refractivity contribution in [2.45, 2.75) is 30.6 Å². The van der Waals surface area contributed by atoms with E-state index in [0.717, 1.165) is 11.1 Å². The summed E-state index contributed by atoms with van der Waals surface area (Å²) in [5, 5.41) is 10.1. The number of hydrogen-bond acceptors (Lipinski definition) is 4. The molecule has 0 saturated heterocycles. The van der Waals surface area contributed by atoms with Gasteiger partial charge in [0.25, 0.3) is 0 Å². The summed E-state index contributed by atoms with van der Waals surface area (Å²) in [5.74, 6) is -0.826. The van der Waals surface area contributed by atoms with Gasteiger partial charge in [-0.3, -0.25) is 4.79 Å². The zero-order chi connectivity index (χ0) is 18.4. The molecule has 2 aromatic rings. The predicted octanol–water partition coefficient (Wildman–Crippen LogP) is 2.83. The van der Waals surface area contributed by atoms with Crippen molar-refractivity contribution in [1.82, 2.24) is 4.72 Å². The van der Waals surface area contributed by atoms with Gasteiger partial charge in [0.05, 0.1) is 4.90 Å². The van der Waals surface area contributed by atoms with Gasteiger partial charge in [-0.2, -0.15) is 0 Å². The van der Waals surface area contributed by atoms with Crippen molar-refractivity contribution in [2.75, 3.05) is 25.5 Å². The molecule has 0 fully saturated rings. The molecule has 0 saturated carbocycles. The Balaban J connectivity index is 2.09. The molecule has 2 rings (SSSR count). The highest BCUT2D eigenvalue weighted by Crippen LogP contribution is 2.26. The Morgan fingerprint density at radius 1 is 1.12 bits per heavy atom. The summed E-state index contributed by atoms with van der Waals surface area (Å²) in [4.78, 5) is 12.7. The monoisotopic (exact) mass is 364 g/mol. The lowest BCUT2D eigenvalue weighted by Crippen LogP contribution is -2.25. The van der Waals surface area contributed by atoms with E-state index in [1.54, 1.807) is 12.1 Å². The maximum Gasteiger partial charge on any atom is 0.303 e. The smallest absolute Gasteiger partial charge is 0.303 e. The topological polar surface area (TPSA) is 86.7 Å². The molecule has 25 heavy (non-hydrogen) atoms. The molecule has 0 aliphatic rings. The van der Waals surface area contributed by atoms with E-state index in [9.17, 15) is 13.2 Å². The molecule has 0 aliphatic carbocycles. The van der Waals surface area contributed by atoms with Gasteiger partial charge in [0, 0.05) is 38.1 Å². The van der Waals surface area contributed by atoms with Gasteiger partial charge in [-0.1, -0.05) is 24.6 Å². The van der Waals surface area contributed by atoms with E-state index in [0.29, 0.717) is 31.2 Å². The van der Waals surface area contributed by atoms with Gasteiger partial charge in [0.15, 0.2) is 0 Å². The third-order valence-electron chi connectivity index (χ3n) is 3.99. The minimum Gasteiger partial charge on any atom is -0.481 e. The van der Waals surface area contributed by atoms with E-state index in [2.05, 4.69) is 4.72 Å². The zero-order valence-corrected chi connectivity index (χ0v) is 15.3. The van der Waals surface area contributed by atoms with Crippen LogP contribution in [0.2, 0.25) is 0 Å². The summed E-state index contributed by atoms with van der Waals surface area (Å²) >= 11 is 0. The van der Waals surface area contributed by atoms with Crippen LogP contribution >= 0.6 is 0 Å². The lowest BCUT2D eigenvalue weighted by molar-refractivity contribution is -0.137. The fraction of sp³-hybridized carbons (Fsp3) is 0.389. The Morgan fingerprint density at radius 3 is 2.56 bits per heavy atom. The van der Waals surface area contributed by atoms with E-state index in [-0.39, 0.29) is 11.3 Å². The molecular weight excluding hydrogens is 340 g/mol. The number of hydrogen-bond donors (Lipinski definition) is 2. The number of carboxylic acid groups (broad SMARTS) is 1. The molecule has 0 bridgehead atoms. The maximum atomic E-state index is 12.6. The van der Waals surface area contributed by atoms with Crippen molar-refractivity contribution in [2.24, 2.45) is 0 Å². The summed E-state index contributed by atoms with van der Waals surface area (Å²) in [7, 11) is 0.273. The first kappa shape index (κ1) is 19.2. The van der Waals surface area contributed by atoms with Crippen LogP contribution in [-0.4, -0.2) is 40.1 Å². The number of aliphatic carboxylic acids is 1. The van der Waals surface area contributed by atoms with Crippen LogP contribution < -0.4 is 9.62 Å². The molecule has 6 nitrogen and oxygen atoms in total. The van der Waals surface area contributed by atoms with Crippen LogP contribution in [0.5, 0.6) is 0 Å². The number of nitrogens with one attached hydrogen (secondary N) is 1. The van der Waals surface area contributed by atoms with Crippen LogP contribution in [0.4, 0.5) is 5.69 Å². The predicted molar refractivity (Wildman–Crippen MR) is 99.6 cm³/mol. The molecule has 0 unspecified atom stereocenters. The molecule has 0 spiro atoms. The van der Waals surface area contributed by atoms with E-state index < -0.39 is 16.0 Å². The van der Waals surface area contributed by atoms with Crippen LogP contribution in [-0.2, 0) is 14.8 Å². The molecule has 136 valence electrons. The van der Waals surface area contributed by atoms with Gasteiger partial charge < -0.3 is 10.0 Å². The highest BCUT2D eigenvalue weighted by Gasteiger charge is 2.16. The number of fused-ring (bicyclic) bond motifs is 1. The fourth-order valence-electron chi connectivity index (χ4n) is 2.62. The SMILES string of the molecule is CN(C)c1ccc2c(S(=O)(=O)NCCCCCC(=O)O)cccc2c1. The van der Waals surface area contributed by atoms with Crippen molar-refractivity contribution >= 4 is 32.5 Å². The summed E-state index contributed by atoms with van der Waals surface area (Å²) in [6.45, 7) is 0.300. The van der Waals surface area contributed by atoms with Crippen molar-refractivity contribution in [1.29, 1.82) is 0 Å². The highest BCUT2D eigenvalue weighted by atomic mass is 32.2. The molecule has 0 aliphatic heterocycles. The molecule has 0 amide bonds. The van der Waals surface area contributed by atoms with Crippen LogP contribution in [0.1, 0.15) is 25.7 Å². The summed E-state index contributed by atoms with van der Waals surface area (Å²) in [5.41, 5.74) is 1.01. The summed E-state index contributed by atoms with van der Waals surface area (Å²) in [6, 6.07) is 10.9. The van der Waals surface area contributed by atoms with Crippen molar-refractivity contribution < 1.29 is 18.3 Å². The molecule has 2 aromatic carbocycles. The third kappa shape index (κ3) is 5.17. The third-order valence-corrected chi connectivity index (χ3v) is 5.51. The van der Waals surface area contributed by atoms with Gasteiger partial charge in [-0.25, -0.2) is 13.1 Å². The van der Waals surface area contributed by atoms with Gasteiger partial charge in [0.1, 0.15) is 0 Å². The number of carboxylic acids is 1. The largest absolute Gasteiger partial charge is 0.481 e. The van der Waals surface area contributed by atoms with Crippen molar-refractivity contribution in [3.05, 3.63) is 36.4 Å². The van der Waals surface area contributed by atoms with Crippen LogP contribution in [0.15, 0.2) is 41.3 Å². The number of rotatable bonds is 9. The highest BCUT2D eigenvalue weighted by molar-refractivity contribution is 7.89. The normalized spacial score (nSPS) is 11.6. The Hall–Kier alpha value is -2.12. The molecular formula is C18H24N2O4S. The Labute approximate surface area is 148 Å². The first-order chi connectivity index (χ1) is 11.8. The van der Waals surface area contributed by atoms with Crippen LogP contribution in [0.25, 0.3) is 10.8 Å². The first-order valence-corrected chi connectivity index (χ1v) is 9.71. The number of nitrogens with zero attached hydrogens (tertiary/aromatic N) is 1. The van der Waals surface area contributed by atoms with Crippen LogP contribution in [0.3, 0.4) is 0 Å². The minimum absolute atomic E-state index is 0.115. The Kier molecular flexibility index (Phi) is 6.39. The standard InChI is InChI=1S/C18H24N2O4S/c1-20(2)15-10-11-16-14(13-15)7-6-8-17(16)25(23,24)19-12-5-3-4-9-18(21)22/h6-8,10-11,13,19H,3-5,9,12H2,1-2H3,(H,21,22). The van der Waals surface area contributed by atoms with Gasteiger partial charge in [-0.05, 0) is 36.4 Å². The number of sulfonamides is 1. The molecule has 0 radical (unpaired) electrons. The number of benzene rings is 2. The molecule has 0 aromatic heterocycles. The number of anilines is 1. The minimum atomic E-state index is -3.60. The molecule has 0 heterocycles. The number of unbranched alkanes of at least 4 members (excludes halogenated alkanes) is 2. The van der Waals surface area contributed by atoms with E-state index in [1.807, 2.05) is 43.3 Å². The fourth-order valence-corrected chi connectivity index (χ4v) is 3.92.